The summed E-state index contributed by atoms with van der Waals surface area (Å²) in [5.74, 6) is 1.69. The first kappa shape index (κ1) is 16.3. The van der Waals surface area contributed by atoms with E-state index in [-0.39, 0.29) is 11.8 Å². The van der Waals surface area contributed by atoms with Crippen LogP contribution in [-0.2, 0) is 4.74 Å². The summed E-state index contributed by atoms with van der Waals surface area (Å²) in [6.45, 7) is 6.57. The van der Waals surface area contributed by atoms with E-state index in [4.69, 9.17) is 9.15 Å². The van der Waals surface area contributed by atoms with Gasteiger partial charge in [-0.25, -0.2) is 4.98 Å². The largest absolute Gasteiger partial charge is 0.448 e. The topological polar surface area (TPSA) is 55.6 Å². The molecular formula is C20H24N2O3. The van der Waals surface area contributed by atoms with E-state index in [1.54, 1.807) is 0 Å². The predicted molar refractivity (Wildman–Crippen MR) is 95.0 cm³/mol. The van der Waals surface area contributed by atoms with Gasteiger partial charge in [-0.05, 0) is 30.4 Å². The van der Waals surface area contributed by atoms with Crippen LogP contribution in [0.25, 0.3) is 0 Å². The fourth-order valence-corrected chi connectivity index (χ4v) is 3.86. The highest BCUT2D eigenvalue weighted by Crippen LogP contribution is 2.40. The van der Waals surface area contributed by atoms with Crippen LogP contribution in [0.5, 0.6) is 0 Å². The Hall–Kier alpha value is -2.14. The van der Waals surface area contributed by atoms with Crippen molar-refractivity contribution in [2.45, 2.75) is 38.5 Å². The first-order chi connectivity index (χ1) is 12.1. The fraction of sp³-hybridized carbons (Fsp3) is 0.500. The number of oxazole rings is 1. The van der Waals surface area contributed by atoms with Gasteiger partial charge in [0.2, 0.25) is 0 Å². The second-order valence-electron chi connectivity index (χ2n) is 7.28. The minimum Gasteiger partial charge on any atom is -0.448 e. The number of carbonyl (C=O) groups excluding carboxylic acids is 1. The van der Waals surface area contributed by atoms with E-state index >= 15 is 0 Å². The minimum absolute atomic E-state index is 0.0716. The standard InChI is InChI=1S/C20H24N2O3/c1-13(2)16-11-22(18-6-4-3-5-15(16)18)20(23)17-12-25-19(21-17)14-7-9-24-10-8-14/h3-6,12-14,16H,7-11H2,1-2H3. The van der Waals surface area contributed by atoms with Gasteiger partial charge < -0.3 is 14.1 Å². The Morgan fingerprint density at radius 1 is 1.24 bits per heavy atom. The predicted octanol–water partition coefficient (Wildman–Crippen LogP) is 3.97. The molecule has 1 saturated heterocycles. The maximum absolute atomic E-state index is 13.1. The van der Waals surface area contributed by atoms with Crippen molar-refractivity contribution in [1.82, 2.24) is 4.98 Å². The molecule has 132 valence electrons. The van der Waals surface area contributed by atoms with Gasteiger partial charge in [0.25, 0.3) is 5.91 Å². The minimum atomic E-state index is -0.0716. The number of ether oxygens (including phenoxy) is 1. The fourth-order valence-electron chi connectivity index (χ4n) is 3.86. The molecule has 0 N–H and O–H groups in total. The first-order valence-electron chi connectivity index (χ1n) is 9.09. The Bertz CT molecular complexity index is 762. The lowest BCUT2D eigenvalue weighted by atomic mass is 9.90. The number of nitrogens with zero attached hydrogens (tertiary/aromatic N) is 2. The van der Waals surface area contributed by atoms with Gasteiger partial charge in [-0.3, -0.25) is 4.79 Å². The highest BCUT2D eigenvalue weighted by molar-refractivity contribution is 6.06. The van der Waals surface area contributed by atoms with E-state index in [1.807, 2.05) is 23.1 Å². The lowest BCUT2D eigenvalue weighted by Gasteiger charge is -2.19. The SMILES string of the molecule is CC(C)C1CN(C(=O)c2coc(C3CCOCC3)n2)c2ccccc21. The highest BCUT2D eigenvalue weighted by atomic mass is 16.5. The monoisotopic (exact) mass is 340 g/mol. The Morgan fingerprint density at radius 2 is 2.00 bits per heavy atom. The molecule has 1 atom stereocenters. The van der Waals surface area contributed by atoms with Crippen LogP contribution in [0.15, 0.2) is 34.9 Å². The van der Waals surface area contributed by atoms with E-state index in [0.29, 0.717) is 30.0 Å². The molecule has 0 aliphatic carbocycles. The van der Waals surface area contributed by atoms with Crippen LogP contribution in [-0.4, -0.2) is 30.6 Å². The third kappa shape index (κ3) is 2.97. The smallest absolute Gasteiger partial charge is 0.280 e. The molecule has 1 fully saturated rings. The molecule has 5 nitrogen and oxygen atoms in total. The number of rotatable bonds is 3. The molecule has 0 spiro atoms. The zero-order valence-corrected chi connectivity index (χ0v) is 14.8. The van der Waals surface area contributed by atoms with Crippen molar-refractivity contribution in [3.63, 3.8) is 0 Å². The summed E-state index contributed by atoms with van der Waals surface area (Å²) in [6, 6.07) is 8.18. The second kappa shape index (κ2) is 6.64. The molecule has 0 radical (unpaired) electrons. The number of anilines is 1. The summed E-state index contributed by atoms with van der Waals surface area (Å²) in [6.07, 6.45) is 3.31. The van der Waals surface area contributed by atoms with Crippen LogP contribution in [0.2, 0.25) is 0 Å². The van der Waals surface area contributed by atoms with Gasteiger partial charge in [-0.2, -0.15) is 0 Å². The average Bonchev–Trinajstić information content (AvgIpc) is 3.27. The van der Waals surface area contributed by atoms with Crippen molar-refractivity contribution in [3.05, 3.63) is 47.7 Å². The van der Waals surface area contributed by atoms with E-state index in [0.717, 1.165) is 31.7 Å². The maximum atomic E-state index is 13.1. The van der Waals surface area contributed by atoms with Gasteiger partial charge in [0.05, 0.1) is 0 Å². The molecule has 2 aliphatic rings. The maximum Gasteiger partial charge on any atom is 0.280 e. The number of benzene rings is 1. The van der Waals surface area contributed by atoms with E-state index in [9.17, 15) is 4.79 Å². The van der Waals surface area contributed by atoms with Gasteiger partial charge in [-0.15, -0.1) is 0 Å². The van der Waals surface area contributed by atoms with Crippen LogP contribution in [0, 0.1) is 5.92 Å². The summed E-state index contributed by atoms with van der Waals surface area (Å²) in [4.78, 5) is 19.4. The zero-order valence-electron chi connectivity index (χ0n) is 14.8. The van der Waals surface area contributed by atoms with Crippen LogP contribution in [0.3, 0.4) is 0 Å². The normalized spacial score (nSPS) is 20.9. The second-order valence-corrected chi connectivity index (χ2v) is 7.28. The number of amides is 1. The molecule has 4 rings (SSSR count). The molecule has 5 heteroatoms. The lowest BCUT2D eigenvalue weighted by Crippen LogP contribution is -2.31. The quantitative estimate of drug-likeness (QED) is 0.848. The van der Waals surface area contributed by atoms with Crippen molar-refractivity contribution >= 4 is 11.6 Å². The third-order valence-corrected chi connectivity index (χ3v) is 5.37. The van der Waals surface area contributed by atoms with Crippen molar-refractivity contribution in [2.75, 3.05) is 24.7 Å². The van der Waals surface area contributed by atoms with Gasteiger partial charge >= 0.3 is 0 Å². The Labute approximate surface area is 148 Å². The van der Waals surface area contributed by atoms with Gasteiger partial charge in [-0.1, -0.05) is 32.0 Å². The summed E-state index contributed by atoms with van der Waals surface area (Å²) in [7, 11) is 0. The highest BCUT2D eigenvalue weighted by Gasteiger charge is 2.35. The van der Waals surface area contributed by atoms with Crippen molar-refractivity contribution in [3.8, 4) is 0 Å². The molecule has 1 unspecified atom stereocenters. The number of carbonyl (C=O) groups is 1. The van der Waals surface area contributed by atoms with Crippen LogP contribution in [0.1, 0.15) is 60.5 Å². The lowest BCUT2D eigenvalue weighted by molar-refractivity contribution is 0.0794. The van der Waals surface area contributed by atoms with Crippen molar-refractivity contribution < 1.29 is 13.9 Å². The number of para-hydroxylation sites is 1. The summed E-state index contributed by atoms with van der Waals surface area (Å²) < 4.78 is 11.0. The summed E-state index contributed by atoms with van der Waals surface area (Å²) >= 11 is 0. The molecule has 2 aromatic rings. The van der Waals surface area contributed by atoms with E-state index < -0.39 is 0 Å². The zero-order chi connectivity index (χ0) is 17.4. The number of fused-ring (bicyclic) bond motifs is 1. The molecule has 0 saturated carbocycles. The van der Waals surface area contributed by atoms with Gasteiger partial charge in [0, 0.05) is 37.3 Å². The first-order valence-corrected chi connectivity index (χ1v) is 9.09. The summed E-state index contributed by atoms with van der Waals surface area (Å²) in [5.41, 5.74) is 2.65. The van der Waals surface area contributed by atoms with Crippen molar-refractivity contribution in [2.24, 2.45) is 5.92 Å². The molecule has 1 aromatic carbocycles. The Morgan fingerprint density at radius 3 is 2.76 bits per heavy atom. The molecule has 0 bridgehead atoms. The molecule has 1 aromatic heterocycles. The third-order valence-electron chi connectivity index (χ3n) is 5.37. The van der Waals surface area contributed by atoms with E-state index in [2.05, 4.69) is 24.9 Å². The number of hydrogen-bond acceptors (Lipinski definition) is 4. The number of aromatic nitrogens is 1. The van der Waals surface area contributed by atoms with Crippen LogP contribution in [0.4, 0.5) is 5.69 Å². The Balaban J connectivity index is 1.58. The average molecular weight is 340 g/mol. The van der Waals surface area contributed by atoms with Crippen molar-refractivity contribution in [1.29, 1.82) is 0 Å². The molecule has 3 heterocycles. The van der Waals surface area contributed by atoms with Gasteiger partial charge in [0.1, 0.15) is 6.26 Å². The van der Waals surface area contributed by atoms with Crippen LogP contribution >= 0.6 is 0 Å². The molecular weight excluding hydrogens is 316 g/mol. The molecule has 1 amide bonds. The molecule has 25 heavy (non-hydrogen) atoms. The Kier molecular flexibility index (Phi) is 4.34. The number of hydrogen-bond donors (Lipinski definition) is 0. The van der Waals surface area contributed by atoms with E-state index in [1.165, 1.54) is 11.8 Å². The van der Waals surface area contributed by atoms with Crippen LogP contribution < -0.4 is 4.90 Å². The summed E-state index contributed by atoms with van der Waals surface area (Å²) in [5, 5.41) is 0. The van der Waals surface area contributed by atoms with Gasteiger partial charge in [0.15, 0.2) is 11.6 Å². The molecule has 2 aliphatic heterocycles.